The van der Waals surface area contributed by atoms with E-state index in [9.17, 15) is 14.4 Å². The highest BCUT2D eigenvalue weighted by molar-refractivity contribution is 5.92. The Hall–Kier alpha value is -2.18. The average molecular weight is 430 g/mol. The third-order valence-corrected chi connectivity index (χ3v) is 9.36. The van der Waals surface area contributed by atoms with Gasteiger partial charge in [-0.15, -0.1) is 0 Å². The number of fused-ring (bicyclic) bond motifs is 5. The molecule has 170 valence electrons. The Morgan fingerprint density at radius 1 is 1.16 bits per heavy atom. The molecule has 4 rings (SSSR count). The summed E-state index contributed by atoms with van der Waals surface area (Å²) in [7, 11) is 0. The molecule has 0 amide bonds. The van der Waals surface area contributed by atoms with Gasteiger partial charge in [-0.3, -0.25) is 19.8 Å². The Morgan fingerprint density at radius 2 is 1.87 bits per heavy atom. The van der Waals surface area contributed by atoms with E-state index in [0.29, 0.717) is 30.6 Å². The molecule has 6 atom stereocenters. The molecule has 3 saturated carbocycles. The predicted molar refractivity (Wildman–Crippen MR) is 116 cm³/mol. The van der Waals surface area contributed by atoms with Gasteiger partial charge in [0.15, 0.2) is 23.1 Å². The molecule has 0 aromatic rings. The van der Waals surface area contributed by atoms with E-state index in [1.807, 2.05) is 6.08 Å². The SMILES string of the molecule is CC(=O)[C@@]1(OC(=O)CNC(=N)N)CC[C@H]2[C@@H]3CCC4=CC(=O)CC[C@]4(C)[C@H]3CC[C@@]21C. The molecule has 7 heteroatoms. The van der Waals surface area contributed by atoms with E-state index in [1.165, 1.54) is 5.57 Å². The van der Waals surface area contributed by atoms with Crippen molar-refractivity contribution in [2.45, 2.75) is 77.7 Å². The second-order valence-electron chi connectivity index (χ2n) is 10.6. The van der Waals surface area contributed by atoms with E-state index in [-0.39, 0.29) is 29.5 Å². The van der Waals surface area contributed by atoms with Crippen molar-refractivity contribution in [3.8, 4) is 0 Å². The zero-order valence-electron chi connectivity index (χ0n) is 18.9. The lowest BCUT2D eigenvalue weighted by atomic mass is 9.46. The van der Waals surface area contributed by atoms with Gasteiger partial charge in [0, 0.05) is 11.8 Å². The average Bonchev–Trinajstić information content (AvgIpc) is 3.00. The second-order valence-corrected chi connectivity index (χ2v) is 10.6. The predicted octanol–water partition coefficient (Wildman–Crippen LogP) is 2.87. The van der Waals surface area contributed by atoms with Crippen LogP contribution in [0, 0.1) is 34.0 Å². The summed E-state index contributed by atoms with van der Waals surface area (Å²) in [5.74, 6) is 0.642. The maximum Gasteiger partial charge on any atom is 0.326 e. The topological polar surface area (TPSA) is 122 Å². The molecular weight excluding hydrogens is 394 g/mol. The summed E-state index contributed by atoms with van der Waals surface area (Å²) >= 11 is 0. The maximum absolute atomic E-state index is 13.0. The number of carbonyl (C=O) groups is 3. The molecule has 0 aromatic carbocycles. The summed E-state index contributed by atoms with van der Waals surface area (Å²) in [6.45, 7) is 5.82. The van der Waals surface area contributed by atoms with Gasteiger partial charge in [0.2, 0.25) is 0 Å². The molecule has 0 saturated heterocycles. The Labute approximate surface area is 184 Å². The third kappa shape index (κ3) is 3.23. The minimum absolute atomic E-state index is 0.0711. The van der Waals surface area contributed by atoms with Crippen LogP contribution in [0.2, 0.25) is 0 Å². The molecule has 0 aliphatic heterocycles. The molecule has 0 spiro atoms. The Balaban J connectivity index is 1.62. The van der Waals surface area contributed by atoms with Crippen LogP contribution in [-0.4, -0.2) is 35.6 Å². The van der Waals surface area contributed by atoms with E-state index >= 15 is 0 Å². The Morgan fingerprint density at radius 3 is 2.55 bits per heavy atom. The summed E-state index contributed by atoms with van der Waals surface area (Å²) in [5, 5.41) is 9.75. The summed E-state index contributed by atoms with van der Waals surface area (Å²) < 4.78 is 5.95. The lowest BCUT2D eigenvalue weighted by molar-refractivity contribution is -0.188. The van der Waals surface area contributed by atoms with Crippen molar-refractivity contribution in [1.82, 2.24) is 5.32 Å². The molecule has 0 radical (unpaired) electrons. The molecule has 0 bridgehead atoms. The molecule has 4 aliphatic rings. The molecule has 7 nitrogen and oxygen atoms in total. The quantitative estimate of drug-likeness (QED) is 0.359. The monoisotopic (exact) mass is 429 g/mol. The number of hydrogen-bond acceptors (Lipinski definition) is 5. The number of Topliss-reactive ketones (excluding diaryl/α,β-unsaturated/α-hetero) is 1. The van der Waals surface area contributed by atoms with Crippen LogP contribution in [-0.2, 0) is 19.1 Å². The van der Waals surface area contributed by atoms with Gasteiger partial charge in [-0.2, -0.15) is 0 Å². The van der Waals surface area contributed by atoms with Crippen LogP contribution in [0.1, 0.15) is 72.1 Å². The number of nitrogens with one attached hydrogen (secondary N) is 2. The second kappa shape index (κ2) is 7.45. The largest absolute Gasteiger partial charge is 0.449 e. The first-order valence-corrected chi connectivity index (χ1v) is 11.6. The molecule has 0 heterocycles. The van der Waals surface area contributed by atoms with Gasteiger partial charge in [-0.1, -0.05) is 19.4 Å². The first-order chi connectivity index (χ1) is 14.5. The highest BCUT2D eigenvalue weighted by Crippen LogP contribution is 2.68. The fourth-order valence-electron chi connectivity index (χ4n) is 7.77. The number of nitrogens with two attached hydrogens (primary N) is 1. The van der Waals surface area contributed by atoms with Gasteiger partial charge in [-0.05, 0) is 81.1 Å². The van der Waals surface area contributed by atoms with Crippen molar-refractivity contribution >= 4 is 23.5 Å². The fourth-order valence-corrected chi connectivity index (χ4v) is 7.77. The van der Waals surface area contributed by atoms with Crippen molar-refractivity contribution < 1.29 is 19.1 Å². The first kappa shape index (κ1) is 22.0. The van der Waals surface area contributed by atoms with Crippen LogP contribution in [0.5, 0.6) is 0 Å². The zero-order chi connectivity index (χ0) is 22.6. The van der Waals surface area contributed by atoms with Gasteiger partial charge >= 0.3 is 5.97 Å². The molecule has 31 heavy (non-hydrogen) atoms. The van der Waals surface area contributed by atoms with Crippen molar-refractivity contribution in [3.05, 3.63) is 11.6 Å². The normalized spacial score (nSPS) is 41.3. The molecule has 3 fully saturated rings. The van der Waals surface area contributed by atoms with Gasteiger partial charge in [0.1, 0.15) is 6.54 Å². The number of carbonyl (C=O) groups excluding carboxylic acids is 3. The molecule has 0 aromatic heterocycles. The Bertz CT molecular complexity index is 867. The highest BCUT2D eigenvalue weighted by atomic mass is 16.6. The summed E-state index contributed by atoms with van der Waals surface area (Å²) in [4.78, 5) is 37.6. The lowest BCUT2D eigenvalue weighted by Crippen LogP contribution is -2.59. The molecule has 4 aliphatic carbocycles. The van der Waals surface area contributed by atoms with Gasteiger partial charge in [0.05, 0.1) is 0 Å². The van der Waals surface area contributed by atoms with Crippen molar-refractivity contribution in [2.75, 3.05) is 6.54 Å². The molecule has 0 unspecified atom stereocenters. The van der Waals surface area contributed by atoms with Crippen LogP contribution in [0.3, 0.4) is 0 Å². The van der Waals surface area contributed by atoms with Crippen LogP contribution in [0.15, 0.2) is 11.6 Å². The summed E-state index contributed by atoms with van der Waals surface area (Å²) in [5.41, 5.74) is 5.18. The maximum atomic E-state index is 13.0. The van der Waals surface area contributed by atoms with E-state index in [0.717, 1.165) is 38.5 Å². The van der Waals surface area contributed by atoms with Crippen molar-refractivity contribution in [2.24, 2.45) is 34.3 Å². The number of hydrogen-bond donors (Lipinski definition) is 3. The summed E-state index contributed by atoms with van der Waals surface area (Å²) in [6, 6.07) is 0. The standard InChI is InChI=1S/C24H35N3O4/c1-14(28)24(31-20(30)13-27-21(25)26)11-8-19-17-5-4-15-12-16(29)6-9-22(15,2)18(17)7-10-23(19,24)3/h12,17-19H,4-11,13H2,1-3H3,(H4,25,26,27)/t17-,18+,19+,22+,23+,24+/m1/s1. The number of ketones is 2. The minimum Gasteiger partial charge on any atom is -0.449 e. The van der Waals surface area contributed by atoms with E-state index in [1.54, 1.807) is 6.92 Å². The summed E-state index contributed by atoms with van der Waals surface area (Å²) in [6.07, 6.45) is 8.69. The minimum atomic E-state index is -1.11. The third-order valence-electron chi connectivity index (χ3n) is 9.36. The number of esters is 1. The van der Waals surface area contributed by atoms with Crippen LogP contribution in [0.4, 0.5) is 0 Å². The smallest absolute Gasteiger partial charge is 0.326 e. The van der Waals surface area contributed by atoms with Gasteiger partial charge in [-0.25, -0.2) is 0 Å². The van der Waals surface area contributed by atoms with Crippen LogP contribution in [0.25, 0.3) is 0 Å². The highest BCUT2D eigenvalue weighted by Gasteiger charge is 2.67. The van der Waals surface area contributed by atoms with Crippen molar-refractivity contribution in [3.63, 3.8) is 0 Å². The number of guanidine groups is 1. The van der Waals surface area contributed by atoms with Crippen LogP contribution >= 0.6 is 0 Å². The van der Waals surface area contributed by atoms with Gasteiger partial charge < -0.3 is 15.8 Å². The molecular formula is C24H35N3O4. The fraction of sp³-hybridized carbons (Fsp3) is 0.750. The first-order valence-electron chi connectivity index (χ1n) is 11.6. The van der Waals surface area contributed by atoms with Crippen LogP contribution < -0.4 is 11.1 Å². The molecule has 4 N–H and O–H groups in total. The van der Waals surface area contributed by atoms with E-state index < -0.39 is 17.0 Å². The van der Waals surface area contributed by atoms with E-state index in [2.05, 4.69) is 19.2 Å². The van der Waals surface area contributed by atoms with Gasteiger partial charge in [0.25, 0.3) is 0 Å². The lowest BCUT2D eigenvalue weighted by Gasteiger charge is -2.59. The number of ether oxygens (including phenoxy) is 1. The Kier molecular flexibility index (Phi) is 5.30. The van der Waals surface area contributed by atoms with Crippen molar-refractivity contribution in [1.29, 1.82) is 5.41 Å². The van der Waals surface area contributed by atoms with E-state index in [4.69, 9.17) is 15.9 Å². The number of rotatable bonds is 4. The zero-order valence-corrected chi connectivity index (χ0v) is 18.9. The number of allylic oxidation sites excluding steroid dienone is 1.